The van der Waals surface area contributed by atoms with E-state index in [0.29, 0.717) is 23.3 Å². The molecule has 0 aromatic heterocycles. The summed E-state index contributed by atoms with van der Waals surface area (Å²) in [6.45, 7) is 1.96. The van der Waals surface area contributed by atoms with E-state index in [1.54, 1.807) is 12.1 Å². The molecule has 0 fully saturated rings. The van der Waals surface area contributed by atoms with Gasteiger partial charge in [0, 0.05) is 12.1 Å². The SMILES string of the molecule is CCC/C(C#N)=C(/N)c1ccc([N+](=O)[O-])cc1. The van der Waals surface area contributed by atoms with Crippen molar-refractivity contribution in [2.24, 2.45) is 5.73 Å². The van der Waals surface area contributed by atoms with Crippen LogP contribution in [0, 0.1) is 21.4 Å². The Kier molecular flexibility index (Phi) is 4.23. The summed E-state index contributed by atoms with van der Waals surface area (Å²) in [5.41, 5.74) is 7.41. The number of nitro benzene ring substituents is 1. The Morgan fingerprint density at radius 1 is 1.47 bits per heavy atom. The van der Waals surface area contributed by atoms with Crippen LogP contribution >= 0.6 is 0 Å². The maximum Gasteiger partial charge on any atom is 0.269 e. The molecule has 0 heterocycles. The molecule has 0 bridgehead atoms. The number of hydrogen-bond acceptors (Lipinski definition) is 4. The first-order valence-corrected chi connectivity index (χ1v) is 5.23. The van der Waals surface area contributed by atoms with E-state index in [2.05, 4.69) is 6.07 Å². The molecule has 0 saturated heterocycles. The molecule has 0 aliphatic carbocycles. The third-order valence-electron chi connectivity index (χ3n) is 2.35. The molecule has 1 rings (SSSR count). The number of allylic oxidation sites excluding steroid dienone is 1. The second kappa shape index (κ2) is 5.66. The summed E-state index contributed by atoms with van der Waals surface area (Å²) in [7, 11) is 0. The first kappa shape index (κ1) is 12.7. The van der Waals surface area contributed by atoms with Gasteiger partial charge in [0.25, 0.3) is 5.69 Å². The average Bonchev–Trinajstić information content (AvgIpc) is 2.35. The van der Waals surface area contributed by atoms with E-state index in [1.807, 2.05) is 6.92 Å². The predicted octanol–water partition coefficient (Wildman–Crippen LogP) is 2.59. The Bertz CT molecular complexity index is 483. The minimum absolute atomic E-state index is 0.00977. The van der Waals surface area contributed by atoms with Crippen LogP contribution < -0.4 is 5.73 Å². The summed E-state index contributed by atoms with van der Waals surface area (Å²) in [6, 6.07) is 7.93. The number of nitriles is 1. The van der Waals surface area contributed by atoms with E-state index in [9.17, 15) is 10.1 Å². The molecular weight excluding hydrogens is 218 g/mol. The topological polar surface area (TPSA) is 93.0 Å². The number of nitro groups is 1. The summed E-state index contributed by atoms with van der Waals surface area (Å²) in [5, 5.41) is 19.4. The standard InChI is InChI=1S/C12H13N3O2/c1-2-3-10(8-13)12(14)9-4-6-11(7-5-9)15(16)17/h4-7H,2-3,14H2,1H3/b12-10-. The molecule has 5 nitrogen and oxygen atoms in total. The highest BCUT2D eigenvalue weighted by molar-refractivity contribution is 5.69. The van der Waals surface area contributed by atoms with E-state index >= 15 is 0 Å². The van der Waals surface area contributed by atoms with Gasteiger partial charge in [-0.25, -0.2) is 0 Å². The number of rotatable bonds is 4. The number of nitrogens with two attached hydrogens (primary N) is 1. The van der Waals surface area contributed by atoms with Gasteiger partial charge in [-0.05, 0) is 24.1 Å². The summed E-state index contributed by atoms with van der Waals surface area (Å²) < 4.78 is 0. The van der Waals surface area contributed by atoms with Crippen LogP contribution in [0.15, 0.2) is 29.8 Å². The lowest BCUT2D eigenvalue weighted by atomic mass is 10.0. The van der Waals surface area contributed by atoms with E-state index in [4.69, 9.17) is 11.0 Å². The molecule has 1 aromatic carbocycles. The molecule has 0 radical (unpaired) electrons. The van der Waals surface area contributed by atoms with Gasteiger partial charge in [-0.15, -0.1) is 0 Å². The van der Waals surface area contributed by atoms with Crippen LogP contribution in [0.25, 0.3) is 5.70 Å². The fraction of sp³-hybridized carbons (Fsp3) is 0.250. The van der Waals surface area contributed by atoms with E-state index in [0.717, 1.165) is 6.42 Å². The van der Waals surface area contributed by atoms with Gasteiger partial charge in [0.2, 0.25) is 0 Å². The van der Waals surface area contributed by atoms with Crippen LogP contribution in [-0.4, -0.2) is 4.92 Å². The molecule has 0 atom stereocenters. The van der Waals surface area contributed by atoms with Crippen LogP contribution in [0.4, 0.5) is 5.69 Å². The number of non-ortho nitro benzene ring substituents is 1. The molecule has 17 heavy (non-hydrogen) atoms. The van der Waals surface area contributed by atoms with Crippen molar-refractivity contribution in [1.29, 1.82) is 5.26 Å². The monoisotopic (exact) mass is 231 g/mol. The average molecular weight is 231 g/mol. The highest BCUT2D eigenvalue weighted by Crippen LogP contribution is 2.19. The third kappa shape index (κ3) is 3.05. The first-order chi connectivity index (χ1) is 8.10. The molecule has 0 amide bonds. The Morgan fingerprint density at radius 2 is 2.06 bits per heavy atom. The summed E-state index contributed by atoms with van der Waals surface area (Å²) in [5.74, 6) is 0. The Labute approximate surface area is 99.3 Å². The molecule has 0 spiro atoms. The Hall–Kier alpha value is -2.35. The maximum atomic E-state index is 10.5. The van der Waals surface area contributed by atoms with Gasteiger partial charge in [0.1, 0.15) is 0 Å². The summed E-state index contributed by atoms with van der Waals surface area (Å²) in [6.07, 6.45) is 1.44. The van der Waals surface area contributed by atoms with Crippen LogP contribution in [0.3, 0.4) is 0 Å². The van der Waals surface area contributed by atoms with Crippen LogP contribution in [0.2, 0.25) is 0 Å². The zero-order chi connectivity index (χ0) is 12.8. The minimum atomic E-state index is -0.471. The highest BCUT2D eigenvalue weighted by Gasteiger charge is 2.08. The Balaban J connectivity index is 3.08. The van der Waals surface area contributed by atoms with Gasteiger partial charge in [0.05, 0.1) is 22.3 Å². The summed E-state index contributed by atoms with van der Waals surface area (Å²) >= 11 is 0. The van der Waals surface area contributed by atoms with Crippen LogP contribution in [0.5, 0.6) is 0 Å². The van der Waals surface area contributed by atoms with Gasteiger partial charge >= 0.3 is 0 Å². The van der Waals surface area contributed by atoms with Crippen molar-refractivity contribution >= 4 is 11.4 Å². The number of nitrogens with zero attached hydrogens (tertiary/aromatic N) is 2. The van der Waals surface area contributed by atoms with Crippen LogP contribution in [-0.2, 0) is 0 Å². The fourth-order valence-corrected chi connectivity index (χ4v) is 1.44. The van der Waals surface area contributed by atoms with Gasteiger partial charge < -0.3 is 5.73 Å². The highest BCUT2D eigenvalue weighted by atomic mass is 16.6. The molecule has 0 aliphatic rings. The van der Waals surface area contributed by atoms with Crippen molar-refractivity contribution in [3.8, 4) is 6.07 Å². The van der Waals surface area contributed by atoms with E-state index in [1.165, 1.54) is 12.1 Å². The normalized spacial score (nSPS) is 11.5. The van der Waals surface area contributed by atoms with Gasteiger partial charge in [-0.2, -0.15) is 5.26 Å². The molecule has 2 N–H and O–H groups in total. The zero-order valence-corrected chi connectivity index (χ0v) is 9.51. The quantitative estimate of drug-likeness (QED) is 0.489. The largest absolute Gasteiger partial charge is 0.397 e. The van der Waals surface area contributed by atoms with Crippen molar-refractivity contribution < 1.29 is 4.92 Å². The van der Waals surface area contributed by atoms with Crippen molar-refractivity contribution in [1.82, 2.24) is 0 Å². The van der Waals surface area contributed by atoms with Gasteiger partial charge in [-0.3, -0.25) is 10.1 Å². The van der Waals surface area contributed by atoms with E-state index in [-0.39, 0.29) is 5.69 Å². The molecule has 0 unspecified atom stereocenters. The van der Waals surface area contributed by atoms with Crippen LogP contribution in [0.1, 0.15) is 25.3 Å². The lowest BCUT2D eigenvalue weighted by molar-refractivity contribution is -0.384. The molecule has 0 saturated carbocycles. The fourth-order valence-electron chi connectivity index (χ4n) is 1.44. The first-order valence-electron chi connectivity index (χ1n) is 5.23. The Morgan fingerprint density at radius 3 is 2.47 bits per heavy atom. The second-order valence-corrected chi connectivity index (χ2v) is 3.56. The minimum Gasteiger partial charge on any atom is -0.397 e. The van der Waals surface area contributed by atoms with Gasteiger partial charge in [0.15, 0.2) is 0 Å². The van der Waals surface area contributed by atoms with E-state index < -0.39 is 4.92 Å². The lowest BCUT2D eigenvalue weighted by Gasteiger charge is -2.04. The van der Waals surface area contributed by atoms with Crippen molar-refractivity contribution in [2.45, 2.75) is 19.8 Å². The molecule has 88 valence electrons. The molecule has 5 heteroatoms. The second-order valence-electron chi connectivity index (χ2n) is 3.56. The zero-order valence-electron chi connectivity index (χ0n) is 9.51. The predicted molar refractivity (Wildman–Crippen MR) is 64.7 cm³/mol. The molecule has 0 aliphatic heterocycles. The van der Waals surface area contributed by atoms with Crippen molar-refractivity contribution in [3.63, 3.8) is 0 Å². The molecular formula is C12H13N3O2. The van der Waals surface area contributed by atoms with Crippen molar-refractivity contribution in [2.75, 3.05) is 0 Å². The summed E-state index contributed by atoms with van der Waals surface area (Å²) in [4.78, 5) is 10.0. The molecule has 1 aromatic rings. The maximum absolute atomic E-state index is 10.5. The number of benzene rings is 1. The third-order valence-corrected chi connectivity index (χ3v) is 2.35. The van der Waals surface area contributed by atoms with Crippen molar-refractivity contribution in [3.05, 3.63) is 45.5 Å². The smallest absolute Gasteiger partial charge is 0.269 e. The van der Waals surface area contributed by atoms with Gasteiger partial charge in [-0.1, -0.05) is 13.3 Å². The number of hydrogen-bond donors (Lipinski definition) is 1. The lowest BCUT2D eigenvalue weighted by Crippen LogP contribution is -2.01.